The maximum atomic E-state index is 12.2. The molecule has 11 heteroatoms. The molecule has 0 radical (unpaired) electrons. The molecule has 3 rings (SSSR count). The van der Waals surface area contributed by atoms with Gasteiger partial charge in [-0.1, -0.05) is 25.5 Å². The summed E-state index contributed by atoms with van der Waals surface area (Å²) in [6, 6.07) is 11.9. The van der Waals surface area contributed by atoms with Crippen molar-refractivity contribution in [2.45, 2.75) is 33.6 Å². The highest BCUT2D eigenvalue weighted by Crippen LogP contribution is 2.34. The van der Waals surface area contributed by atoms with Gasteiger partial charge in [-0.2, -0.15) is 0 Å². The van der Waals surface area contributed by atoms with Gasteiger partial charge in [0, 0.05) is 10.9 Å². The summed E-state index contributed by atoms with van der Waals surface area (Å²) in [7, 11) is 0. The van der Waals surface area contributed by atoms with E-state index in [2.05, 4.69) is 0 Å². The zero-order valence-electron chi connectivity index (χ0n) is 25.4. The van der Waals surface area contributed by atoms with Gasteiger partial charge in [-0.05, 0) is 56.0 Å². The lowest BCUT2D eigenvalue weighted by atomic mass is 10.0. The molecule has 0 spiro atoms. The Balaban J connectivity index is 1.33. The first-order chi connectivity index (χ1) is 21.2. The third-order valence-corrected chi connectivity index (χ3v) is 6.51. The summed E-state index contributed by atoms with van der Waals surface area (Å²) in [5.41, 5.74) is 1.33. The number of phenolic OH excluding ortho intramolecular Hbond substituents is 1. The number of carbonyl (C=O) groups is 3. The van der Waals surface area contributed by atoms with Crippen LogP contribution >= 0.6 is 0 Å². The van der Waals surface area contributed by atoms with Crippen LogP contribution < -0.4 is 14.2 Å². The Kier molecular flexibility index (Phi) is 13.9. The van der Waals surface area contributed by atoms with E-state index in [1.54, 1.807) is 42.5 Å². The average Bonchev–Trinajstić information content (AvgIpc) is 2.99. The van der Waals surface area contributed by atoms with Crippen LogP contribution in [-0.2, 0) is 25.4 Å². The average molecular weight is 613 g/mol. The van der Waals surface area contributed by atoms with Gasteiger partial charge in [-0.15, -0.1) is 0 Å². The number of aliphatic carboxylic acids is 1. The van der Waals surface area contributed by atoms with Gasteiger partial charge in [0.15, 0.2) is 18.2 Å². The quantitative estimate of drug-likeness (QED) is 0.125. The summed E-state index contributed by atoms with van der Waals surface area (Å²) in [4.78, 5) is 34.7. The Morgan fingerprint density at radius 2 is 1.27 bits per heavy atom. The first kappa shape index (κ1) is 34.3. The van der Waals surface area contributed by atoms with Crippen LogP contribution in [0.25, 0.3) is 10.8 Å². The Bertz CT molecular complexity index is 1420. The van der Waals surface area contributed by atoms with Crippen LogP contribution in [0, 0.1) is 0 Å². The molecule has 3 aromatic rings. The van der Waals surface area contributed by atoms with E-state index in [0.29, 0.717) is 73.2 Å². The predicted molar refractivity (Wildman–Crippen MR) is 163 cm³/mol. The minimum Gasteiger partial charge on any atom is -0.507 e. The minimum atomic E-state index is -1.09. The number of fused-ring (bicyclic) bond motifs is 1. The molecule has 0 heterocycles. The van der Waals surface area contributed by atoms with Crippen LogP contribution in [0.3, 0.4) is 0 Å². The largest absolute Gasteiger partial charge is 0.507 e. The number of benzene rings is 3. The third kappa shape index (κ3) is 10.2. The number of ether oxygens (including phenoxy) is 6. The highest BCUT2D eigenvalue weighted by molar-refractivity contribution is 6.04. The van der Waals surface area contributed by atoms with Crippen LogP contribution in [0.1, 0.15) is 53.5 Å². The van der Waals surface area contributed by atoms with Crippen LogP contribution in [-0.4, -0.2) is 87.2 Å². The smallest absolute Gasteiger partial charge is 0.341 e. The number of carboxylic acid groups (broad SMARTS) is 1. The number of rotatable bonds is 21. The first-order valence-electron chi connectivity index (χ1n) is 14.5. The highest BCUT2D eigenvalue weighted by Gasteiger charge is 2.16. The number of carbonyl (C=O) groups excluding carboxylic acids is 2. The van der Waals surface area contributed by atoms with E-state index in [9.17, 15) is 19.5 Å². The summed E-state index contributed by atoms with van der Waals surface area (Å²) >= 11 is 0. The molecule has 0 aliphatic carbocycles. The van der Waals surface area contributed by atoms with Crippen molar-refractivity contribution in [3.63, 3.8) is 0 Å². The lowest BCUT2D eigenvalue weighted by Crippen LogP contribution is -2.15. The number of carboxylic acids is 1. The van der Waals surface area contributed by atoms with Crippen molar-refractivity contribution in [2.24, 2.45) is 0 Å². The normalized spacial score (nSPS) is 11.0. The second-order valence-corrected chi connectivity index (χ2v) is 9.84. The van der Waals surface area contributed by atoms with Crippen LogP contribution in [0.2, 0.25) is 0 Å². The molecular weight excluding hydrogens is 572 g/mol. The molecule has 0 saturated carbocycles. The van der Waals surface area contributed by atoms with Gasteiger partial charge in [0.2, 0.25) is 0 Å². The zero-order valence-corrected chi connectivity index (χ0v) is 25.4. The van der Waals surface area contributed by atoms with Gasteiger partial charge in [0.25, 0.3) is 0 Å². The molecule has 44 heavy (non-hydrogen) atoms. The van der Waals surface area contributed by atoms with Gasteiger partial charge < -0.3 is 38.6 Å². The highest BCUT2D eigenvalue weighted by atomic mass is 16.6. The molecule has 0 atom stereocenters. The Morgan fingerprint density at radius 1 is 0.705 bits per heavy atom. The van der Waals surface area contributed by atoms with Gasteiger partial charge in [0.1, 0.15) is 36.2 Å². The molecule has 238 valence electrons. The second kappa shape index (κ2) is 17.8. The molecule has 0 aliphatic heterocycles. The van der Waals surface area contributed by atoms with E-state index in [4.69, 9.17) is 33.5 Å². The molecule has 0 amide bonds. The summed E-state index contributed by atoms with van der Waals surface area (Å²) in [6.07, 6.45) is 1.40. The van der Waals surface area contributed by atoms with Crippen molar-refractivity contribution in [1.29, 1.82) is 0 Å². The lowest BCUT2D eigenvalue weighted by molar-refractivity contribution is -0.139. The van der Waals surface area contributed by atoms with Gasteiger partial charge in [-0.25, -0.2) is 4.79 Å². The molecule has 0 bridgehead atoms. The predicted octanol–water partition coefficient (Wildman–Crippen LogP) is 4.87. The molecule has 2 N–H and O–H groups in total. The van der Waals surface area contributed by atoms with E-state index in [-0.39, 0.29) is 42.7 Å². The second-order valence-electron chi connectivity index (χ2n) is 9.84. The van der Waals surface area contributed by atoms with E-state index in [0.717, 1.165) is 11.8 Å². The number of ketones is 2. The molecule has 0 aliphatic rings. The molecule has 3 aromatic carbocycles. The van der Waals surface area contributed by atoms with Crippen molar-refractivity contribution in [2.75, 3.05) is 59.5 Å². The van der Waals surface area contributed by atoms with Crippen molar-refractivity contribution in [3.8, 4) is 23.0 Å². The van der Waals surface area contributed by atoms with E-state index >= 15 is 0 Å². The van der Waals surface area contributed by atoms with E-state index in [1.807, 2.05) is 6.92 Å². The minimum absolute atomic E-state index is 0.0204. The van der Waals surface area contributed by atoms with Crippen molar-refractivity contribution in [1.82, 2.24) is 0 Å². The van der Waals surface area contributed by atoms with Crippen molar-refractivity contribution >= 4 is 28.3 Å². The summed E-state index contributed by atoms with van der Waals surface area (Å²) in [5, 5.41) is 20.8. The summed E-state index contributed by atoms with van der Waals surface area (Å²) in [5.74, 6) is -0.169. The topological polar surface area (TPSA) is 147 Å². The molecule has 0 aromatic heterocycles. The Hall–Kier alpha value is -4.19. The van der Waals surface area contributed by atoms with E-state index < -0.39 is 12.6 Å². The first-order valence-corrected chi connectivity index (χ1v) is 14.5. The van der Waals surface area contributed by atoms with Crippen LogP contribution in [0.4, 0.5) is 0 Å². The molecule has 11 nitrogen and oxygen atoms in total. The van der Waals surface area contributed by atoms with Crippen LogP contribution in [0.15, 0.2) is 42.5 Å². The monoisotopic (exact) mass is 612 g/mol. The molecular formula is C33H40O11. The van der Waals surface area contributed by atoms with Gasteiger partial charge in [0.05, 0.1) is 50.8 Å². The number of aromatic hydroxyl groups is 1. The number of Topliss-reactive ketones (excluding diaryl/α,β-unsaturated/α-hetero) is 2. The maximum absolute atomic E-state index is 12.2. The van der Waals surface area contributed by atoms with E-state index in [1.165, 1.54) is 13.8 Å². The van der Waals surface area contributed by atoms with Crippen molar-refractivity contribution in [3.05, 3.63) is 59.2 Å². The standard InChI is InChI=1S/C33H40O11/c1-4-5-28-30(11-10-26(22(2)34)32(28)38)42-18-16-40-14-12-39-13-15-41-17-19-43-33-27(23(3)35)9-7-24-6-8-25(20-29(24)33)44-21-31(36)37/h6-11,20,38H,4-5,12-19,21H2,1-3H3,(H,36,37). The fraction of sp³-hybridized carbons (Fsp3) is 0.424. The van der Waals surface area contributed by atoms with Crippen LogP contribution in [0.5, 0.6) is 23.0 Å². The number of hydrogen-bond donors (Lipinski definition) is 2. The fourth-order valence-corrected chi connectivity index (χ4v) is 4.42. The SMILES string of the molecule is CCCc1c(OCCOCCOCCOCCOc2c(C(C)=O)ccc3ccc(OCC(=O)O)cc23)ccc(C(C)=O)c1O. The van der Waals surface area contributed by atoms with Crippen molar-refractivity contribution < 1.29 is 53.0 Å². The molecule has 0 unspecified atom stereocenters. The number of hydrogen-bond acceptors (Lipinski definition) is 10. The zero-order chi connectivity index (χ0) is 31.9. The fourth-order valence-electron chi connectivity index (χ4n) is 4.42. The lowest BCUT2D eigenvalue weighted by Gasteiger charge is -2.15. The van der Waals surface area contributed by atoms with Gasteiger partial charge >= 0.3 is 5.97 Å². The molecule has 0 saturated heterocycles. The third-order valence-electron chi connectivity index (χ3n) is 6.51. The Labute approximate surface area is 256 Å². The maximum Gasteiger partial charge on any atom is 0.341 e. The van der Waals surface area contributed by atoms with Gasteiger partial charge in [-0.3, -0.25) is 9.59 Å². The number of phenols is 1. The summed E-state index contributed by atoms with van der Waals surface area (Å²) < 4.78 is 33.7. The Morgan fingerprint density at radius 3 is 1.86 bits per heavy atom. The molecule has 0 fully saturated rings. The summed E-state index contributed by atoms with van der Waals surface area (Å²) in [6.45, 7) is 6.91.